The highest BCUT2D eigenvalue weighted by Gasteiger charge is 2.37. The Kier molecular flexibility index (Phi) is 2.59. The maximum absolute atomic E-state index is 5.59. The molecule has 0 spiro atoms. The highest BCUT2D eigenvalue weighted by atomic mass is 15.1. The molecular weight excluding hydrogens is 174 g/mol. The van der Waals surface area contributed by atoms with Crippen molar-refractivity contribution in [3.8, 4) is 0 Å². The largest absolute Gasteiger partial charge is 0.330 e. The number of aromatic nitrogens is 2. The minimum atomic E-state index is 0.376. The summed E-state index contributed by atoms with van der Waals surface area (Å²) in [6, 6.07) is 0. The molecule has 1 heterocycles. The first kappa shape index (κ1) is 9.71. The third-order valence-corrected chi connectivity index (χ3v) is 3.57. The summed E-state index contributed by atoms with van der Waals surface area (Å²) in [5.74, 6) is 0. The Labute approximate surface area is 85.3 Å². The lowest BCUT2D eigenvalue weighted by Crippen LogP contribution is -2.40. The van der Waals surface area contributed by atoms with Gasteiger partial charge >= 0.3 is 0 Å². The van der Waals surface area contributed by atoms with Crippen LogP contribution >= 0.6 is 0 Å². The van der Waals surface area contributed by atoms with E-state index in [0.717, 1.165) is 6.42 Å². The molecule has 3 nitrogen and oxygen atoms in total. The Balaban J connectivity index is 2.25. The van der Waals surface area contributed by atoms with Crippen LogP contribution in [0.3, 0.4) is 0 Å². The standard InChI is InChI=1S/C11H19N3/c1-2-11(5-3-6-11)14-9-13-8-10(14)4-7-12/h8-9H,2-7,12H2,1H3. The average molecular weight is 193 g/mol. The van der Waals surface area contributed by atoms with E-state index in [9.17, 15) is 0 Å². The molecule has 1 fully saturated rings. The molecule has 0 bridgehead atoms. The van der Waals surface area contributed by atoms with E-state index in [1.54, 1.807) is 0 Å². The first-order chi connectivity index (χ1) is 6.82. The lowest BCUT2D eigenvalue weighted by atomic mass is 9.74. The molecule has 0 radical (unpaired) electrons. The Bertz CT molecular complexity index is 294. The molecule has 0 aliphatic heterocycles. The van der Waals surface area contributed by atoms with Gasteiger partial charge in [-0.1, -0.05) is 6.92 Å². The first-order valence-electron chi connectivity index (χ1n) is 5.54. The van der Waals surface area contributed by atoms with Gasteiger partial charge < -0.3 is 10.3 Å². The molecule has 2 N–H and O–H groups in total. The normalized spacial score (nSPS) is 19.3. The third kappa shape index (κ3) is 1.36. The van der Waals surface area contributed by atoms with Gasteiger partial charge in [-0.05, 0) is 32.2 Å². The van der Waals surface area contributed by atoms with Crippen LogP contribution in [0.1, 0.15) is 38.3 Å². The fourth-order valence-electron chi connectivity index (χ4n) is 2.43. The van der Waals surface area contributed by atoms with Gasteiger partial charge in [-0.15, -0.1) is 0 Å². The summed E-state index contributed by atoms with van der Waals surface area (Å²) >= 11 is 0. The fourth-order valence-corrected chi connectivity index (χ4v) is 2.43. The van der Waals surface area contributed by atoms with Gasteiger partial charge in [0.15, 0.2) is 0 Å². The lowest BCUT2D eigenvalue weighted by molar-refractivity contribution is 0.132. The third-order valence-electron chi connectivity index (χ3n) is 3.57. The van der Waals surface area contributed by atoms with Crippen LogP contribution in [0.2, 0.25) is 0 Å². The highest BCUT2D eigenvalue weighted by molar-refractivity contribution is 5.07. The molecule has 2 rings (SSSR count). The summed E-state index contributed by atoms with van der Waals surface area (Å²) in [6.07, 6.45) is 10.1. The Morgan fingerprint density at radius 3 is 2.86 bits per heavy atom. The van der Waals surface area contributed by atoms with Crippen molar-refractivity contribution in [2.45, 2.75) is 44.6 Å². The molecule has 3 heteroatoms. The van der Waals surface area contributed by atoms with Crippen LogP contribution in [0, 0.1) is 0 Å². The Morgan fingerprint density at radius 2 is 2.36 bits per heavy atom. The van der Waals surface area contributed by atoms with Crippen molar-refractivity contribution in [1.82, 2.24) is 9.55 Å². The Morgan fingerprint density at radius 1 is 1.57 bits per heavy atom. The molecule has 1 aliphatic carbocycles. The van der Waals surface area contributed by atoms with Crippen molar-refractivity contribution < 1.29 is 0 Å². The predicted octanol–water partition coefficient (Wildman–Crippen LogP) is 1.67. The number of hydrogen-bond acceptors (Lipinski definition) is 2. The lowest BCUT2D eigenvalue weighted by Gasteiger charge is -2.43. The number of imidazole rings is 1. The molecule has 0 unspecified atom stereocenters. The number of rotatable bonds is 4. The summed E-state index contributed by atoms with van der Waals surface area (Å²) in [4.78, 5) is 4.24. The fraction of sp³-hybridized carbons (Fsp3) is 0.727. The van der Waals surface area contributed by atoms with Crippen molar-refractivity contribution in [1.29, 1.82) is 0 Å². The van der Waals surface area contributed by atoms with E-state index in [1.165, 1.54) is 31.4 Å². The molecule has 1 aliphatic rings. The van der Waals surface area contributed by atoms with Crippen molar-refractivity contribution in [2.75, 3.05) is 6.54 Å². The number of hydrogen-bond donors (Lipinski definition) is 1. The molecule has 78 valence electrons. The summed E-state index contributed by atoms with van der Waals surface area (Å²) in [5, 5.41) is 0. The molecule has 0 amide bonds. The summed E-state index contributed by atoms with van der Waals surface area (Å²) in [5.41, 5.74) is 7.27. The van der Waals surface area contributed by atoms with E-state index in [1.807, 2.05) is 12.5 Å². The van der Waals surface area contributed by atoms with Crippen molar-refractivity contribution in [2.24, 2.45) is 5.73 Å². The molecular formula is C11H19N3. The second kappa shape index (κ2) is 3.73. The molecule has 1 saturated carbocycles. The van der Waals surface area contributed by atoms with Gasteiger partial charge in [-0.2, -0.15) is 0 Å². The quantitative estimate of drug-likeness (QED) is 0.790. The van der Waals surface area contributed by atoms with Crippen LogP contribution in [-0.2, 0) is 12.0 Å². The molecule has 14 heavy (non-hydrogen) atoms. The maximum atomic E-state index is 5.59. The van der Waals surface area contributed by atoms with Gasteiger partial charge in [0.25, 0.3) is 0 Å². The van der Waals surface area contributed by atoms with Crippen molar-refractivity contribution in [3.63, 3.8) is 0 Å². The zero-order chi connectivity index (χ0) is 10.0. The van der Waals surface area contributed by atoms with Crippen LogP contribution in [-0.4, -0.2) is 16.1 Å². The van der Waals surface area contributed by atoms with E-state index < -0.39 is 0 Å². The summed E-state index contributed by atoms with van der Waals surface area (Å²) in [7, 11) is 0. The topological polar surface area (TPSA) is 43.8 Å². The molecule has 0 saturated heterocycles. The van der Waals surface area contributed by atoms with E-state index in [-0.39, 0.29) is 0 Å². The minimum absolute atomic E-state index is 0.376. The maximum Gasteiger partial charge on any atom is 0.0953 e. The minimum Gasteiger partial charge on any atom is -0.330 e. The zero-order valence-electron chi connectivity index (χ0n) is 8.87. The highest BCUT2D eigenvalue weighted by Crippen LogP contribution is 2.42. The SMILES string of the molecule is CCC1(n2cncc2CCN)CCC1. The summed E-state index contributed by atoms with van der Waals surface area (Å²) < 4.78 is 2.36. The number of nitrogens with two attached hydrogens (primary N) is 1. The van der Waals surface area contributed by atoms with Gasteiger partial charge in [0.2, 0.25) is 0 Å². The monoisotopic (exact) mass is 193 g/mol. The van der Waals surface area contributed by atoms with Crippen LogP contribution in [0.15, 0.2) is 12.5 Å². The average Bonchev–Trinajstić information content (AvgIpc) is 2.54. The van der Waals surface area contributed by atoms with Crippen LogP contribution < -0.4 is 5.73 Å². The molecule has 1 aromatic heterocycles. The smallest absolute Gasteiger partial charge is 0.0953 e. The van der Waals surface area contributed by atoms with Gasteiger partial charge in [-0.3, -0.25) is 0 Å². The zero-order valence-corrected chi connectivity index (χ0v) is 8.87. The van der Waals surface area contributed by atoms with Crippen LogP contribution in [0.25, 0.3) is 0 Å². The first-order valence-corrected chi connectivity index (χ1v) is 5.54. The van der Waals surface area contributed by atoms with E-state index in [4.69, 9.17) is 5.73 Å². The van der Waals surface area contributed by atoms with Crippen molar-refractivity contribution >= 4 is 0 Å². The van der Waals surface area contributed by atoms with Gasteiger partial charge in [0.1, 0.15) is 0 Å². The van der Waals surface area contributed by atoms with Gasteiger partial charge in [-0.25, -0.2) is 4.98 Å². The van der Waals surface area contributed by atoms with Gasteiger partial charge in [0, 0.05) is 23.9 Å². The van der Waals surface area contributed by atoms with Gasteiger partial charge in [0.05, 0.1) is 6.33 Å². The molecule has 0 aromatic carbocycles. The molecule has 0 atom stereocenters. The van der Waals surface area contributed by atoms with Crippen LogP contribution in [0.4, 0.5) is 0 Å². The second-order valence-electron chi connectivity index (χ2n) is 4.23. The summed E-state index contributed by atoms with van der Waals surface area (Å²) in [6.45, 7) is 2.98. The Hall–Kier alpha value is -0.830. The van der Waals surface area contributed by atoms with Crippen LogP contribution in [0.5, 0.6) is 0 Å². The van der Waals surface area contributed by atoms with E-state index >= 15 is 0 Å². The number of nitrogens with zero attached hydrogens (tertiary/aromatic N) is 2. The van der Waals surface area contributed by atoms with E-state index in [0.29, 0.717) is 12.1 Å². The molecule has 1 aromatic rings. The predicted molar refractivity (Wildman–Crippen MR) is 57.1 cm³/mol. The second-order valence-corrected chi connectivity index (χ2v) is 4.23. The van der Waals surface area contributed by atoms with E-state index in [2.05, 4.69) is 16.5 Å². The van der Waals surface area contributed by atoms with Crippen molar-refractivity contribution in [3.05, 3.63) is 18.2 Å².